The summed E-state index contributed by atoms with van der Waals surface area (Å²) in [5.74, 6) is 0. The number of nitrogens with zero attached hydrogens (tertiary/aromatic N) is 1. The average Bonchev–Trinajstić information content (AvgIpc) is 2.88. The van der Waals surface area contributed by atoms with Crippen LogP contribution in [-0.2, 0) is 0 Å². The first kappa shape index (κ1) is 11.1. The molecule has 2 rings (SSSR count). The standard InChI is InChI=1S/C15H13NO/c1(3-7-14-10-12-17-13-14)2-4-8-15-9-5-6-11-16-15/h1-13H/b2-1+,7-3+,8-4+. The van der Waals surface area contributed by atoms with Crippen molar-refractivity contribution < 1.29 is 4.42 Å². The Hall–Kier alpha value is -2.35. The van der Waals surface area contributed by atoms with Crippen LogP contribution in [0.5, 0.6) is 0 Å². The van der Waals surface area contributed by atoms with Crippen LogP contribution in [0.4, 0.5) is 0 Å². The zero-order valence-electron chi connectivity index (χ0n) is 9.36. The lowest BCUT2D eigenvalue weighted by atomic mass is 10.3. The summed E-state index contributed by atoms with van der Waals surface area (Å²) in [6.07, 6.45) is 16.9. The summed E-state index contributed by atoms with van der Waals surface area (Å²) in [7, 11) is 0. The SMILES string of the molecule is C(=C\C=C\c1ccccn1)/C=C/c1ccoc1. The van der Waals surface area contributed by atoms with Gasteiger partial charge in [-0.25, -0.2) is 0 Å². The zero-order chi connectivity index (χ0) is 11.8. The first-order valence-electron chi connectivity index (χ1n) is 5.40. The molecular formula is C15H13NO. The predicted molar refractivity (Wildman–Crippen MR) is 70.2 cm³/mol. The van der Waals surface area contributed by atoms with E-state index < -0.39 is 0 Å². The van der Waals surface area contributed by atoms with E-state index in [9.17, 15) is 0 Å². The molecule has 0 amide bonds. The minimum Gasteiger partial charge on any atom is -0.472 e. The van der Waals surface area contributed by atoms with Crippen LogP contribution in [-0.4, -0.2) is 4.98 Å². The molecule has 2 aromatic rings. The van der Waals surface area contributed by atoms with Crippen molar-refractivity contribution in [1.82, 2.24) is 4.98 Å². The summed E-state index contributed by atoms with van der Waals surface area (Å²) in [5, 5.41) is 0. The fourth-order valence-electron chi connectivity index (χ4n) is 1.29. The lowest BCUT2D eigenvalue weighted by Crippen LogP contribution is -1.74. The Morgan fingerprint density at radius 2 is 1.82 bits per heavy atom. The van der Waals surface area contributed by atoms with Gasteiger partial charge in [-0.3, -0.25) is 4.98 Å². The second-order valence-electron chi connectivity index (χ2n) is 3.41. The van der Waals surface area contributed by atoms with E-state index >= 15 is 0 Å². The summed E-state index contributed by atoms with van der Waals surface area (Å²) in [6, 6.07) is 7.75. The van der Waals surface area contributed by atoms with Gasteiger partial charge < -0.3 is 4.42 Å². The highest BCUT2D eigenvalue weighted by Gasteiger charge is 1.83. The molecule has 0 spiro atoms. The van der Waals surface area contributed by atoms with Crippen LogP contribution in [0, 0.1) is 0 Å². The van der Waals surface area contributed by atoms with Crippen LogP contribution in [0.15, 0.2) is 71.7 Å². The highest BCUT2D eigenvalue weighted by Crippen LogP contribution is 2.02. The van der Waals surface area contributed by atoms with Gasteiger partial charge in [0.2, 0.25) is 0 Å². The first-order chi connectivity index (χ1) is 8.45. The third-order valence-corrected chi connectivity index (χ3v) is 2.12. The molecular weight excluding hydrogens is 210 g/mol. The Labute approximate surface area is 101 Å². The summed E-state index contributed by atoms with van der Waals surface area (Å²) < 4.78 is 4.95. The quantitative estimate of drug-likeness (QED) is 0.733. The Kier molecular flexibility index (Phi) is 4.12. The number of rotatable bonds is 4. The zero-order valence-corrected chi connectivity index (χ0v) is 9.36. The lowest BCUT2D eigenvalue weighted by Gasteiger charge is -1.87. The number of allylic oxidation sites excluding steroid dienone is 4. The molecule has 0 aliphatic rings. The van der Waals surface area contributed by atoms with Crippen molar-refractivity contribution >= 4 is 12.2 Å². The normalized spacial score (nSPS) is 12.0. The van der Waals surface area contributed by atoms with Gasteiger partial charge in [0.05, 0.1) is 18.2 Å². The van der Waals surface area contributed by atoms with Gasteiger partial charge in [0, 0.05) is 11.8 Å². The molecule has 0 aromatic carbocycles. The molecule has 0 fully saturated rings. The van der Waals surface area contributed by atoms with E-state index in [1.807, 2.05) is 60.7 Å². The van der Waals surface area contributed by atoms with Crippen molar-refractivity contribution in [3.05, 3.63) is 78.6 Å². The first-order valence-corrected chi connectivity index (χ1v) is 5.40. The molecule has 0 unspecified atom stereocenters. The maximum Gasteiger partial charge on any atom is 0.0974 e. The second kappa shape index (κ2) is 6.28. The van der Waals surface area contributed by atoms with E-state index in [1.165, 1.54) is 0 Å². The predicted octanol–water partition coefficient (Wildman–Crippen LogP) is 3.96. The van der Waals surface area contributed by atoms with Gasteiger partial charge in [0.1, 0.15) is 0 Å². The molecule has 2 heterocycles. The monoisotopic (exact) mass is 223 g/mol. The molecule has 0 saturated carbocycles. The van der Waals surface area contributed by atoms with Crippen molar-refractivity contribution in [1.29, 1.82) is 0 Å². The summed E-state index contributed by atoms with van der Waals surface area (Å²) in [4.78, 5) is 4.19. The molecule has 0 radical (unpaired) electrons. The van der Waals surface area contributed by atoms with Crippen LogP contribution in [0.3, 0.4) is 0 Å². The summed E-state index contributed by atoms with van der Waals surface area (Å²) in [5.41, 5.74) is 2.01. The molecule has 0 N–H and O–H groups in total. The Morgan fingerprint density at radius 1 is 0.941 bits per heavy atom. The topological polar surface area (TPSA) is 26.0 Å². The van der Waals surface area contributed by atoms with Crippen molar-refractivity contribution in [2.45, 2.75) is 0 Å². The van der Waals surface area contributed by atoms with Crippen molar-refractivity contribution in [2.24, 2.45) is 0 Å². The van der Waals surface area contributed by atoms with Gasteiger partial charge in [0.15, 0.2) is 0 Å². The van der Waals surface area contributed by atoms with Crippen molar-refractivity contribution in [3.8, 4) is 0 Å². The van der Waals surface area contributed by atoms with Gasteiger partial charge in [-0.2, -0.15) is 0 Å². The van der Waals surface area contributed by atoms with Crippen molar-refractivity contribution in [3.63, 3.8) is 0 Å². The molecule has 0 bridgehead atoms. The van der Waals surface area contributed by atoms with E-state index in [-0.39, 0.29) is 0 Å². The van der Waals surface area contributed by atoms with E-state index in [0.717, 1.165) is 11.3 Å². The minimum atomic E-state index is 0.955. The van der Waals surface area contributed by atoms with Gasteiger partial charge in [0.25, 0.3) is 0 Å². The van der Waals surface area contributed by atoms with Crippen LogP contribution in [0.25, 0.3) is 12.2 Å². The third kappa shape index (κ3) is 3.95. The molecule has 84 valence electrons. The Morgan fingerprint density at radius 3 is 2.53 bits per heavy atom. The Balaban J connectivity index is 1.84. The number of pyridine rings is 1. The van der Waals surface area contributed by atoms with E-state index in [4.69, 9.17) is 4.42 Å². The molecule has 17 heavy (non-hydrogen) atoms. The number of aromatic nitrogens is 1. The largest absolute Gasteiger partial charge is 0.472 e. The van der Waals surface area contributed by atoms with Crippen molar-refractivity contribution in [2.75, 3.05) is 0 Å². The summed E-state index contributed by atoms with van der Waals surface area (Å²) >= 11 is 0. The smallest absolute Gasteiger partial charge is 0.0974 e. The lowest BCUT2D eigenvalue weighted by molar-refractivity contribution is 0.567. The number of hydrogen-bond donors (Lipinski definition) is 0. The van der Waals surface area contributed by atoms with Crippen LogP contribution < -0.4 is 0 Å². The van der Waals surface area contributed by atoms with E-state index in [1.54, 1.807) is 18.7 Å². The molecule has 2 heteroatoms. The molecule has 0 aliphatic carbocycles. The molecule has 0 aliphatic heterocycles. The van der Waals surface area contributed by atoms with Crippen LogP contribution in [0.1, 0.15) is 11.3 Å². The summed E-state index contributed by atoms with van der Waals surface area (Å²) in [6.45, 7) is 0. The second-order valence-corrected chi connectivity index (χ2v) is 3.41. The maximum absolute atomic E-state index is 4.95. The van der Waals surface area contributed by atoms with E-state index in [0.29, 0.717) is 0 Å². The molecule has 2 aromatic heterocycles. The maximum atomic E-state index is 4.95. The number of furan rings is 1. The van der Waals surface area contributed by atoms with Gasteiger partial charge >= 0.3 is 0 Å². The van der Waals surface area contributed by atoms with Crippen LogP contribution in [0.2, 0.25) is 0 Å². The minimum absolute atomic E-state index is 0.955. The highest BCUT2D eigenvalue weighted by atomic mass is 16.3. The van der Waals surface area contributed by atoms with E-state index in [2.05, 4.69) is 4.98 Å². The van der Waals surface area contributed by atoms with Crippen LogP contribution >= 0.6 is 0 Å². The fourth-order valence-corrected chi connectivity index (χ4v) is 1.29. The Bertz CT molecular complexity index is 507. The molecule has 0 saturated heterocycles. The number of hydrogen-bond acceptors (Lipinski definition) is 2. The van der Waals surface area contributed by atoms with Gasteiger partial charge in [-0.15, -0.1) is 0 Å². The highest BCUT2D eigenvalue weighted by molar-refractivity contribution is 5.50. The third-order valence-electron chi connectivity index (χ3n) is 2.12. The fraction of sp³-hybridized carbons (Fsp3) is 0. The average molecular weight is 223 g/mol. The molecule has 2 nitrogen and oxygen atoms in total. The molecule has 0 atom stereocenters. The van der Waals surface area contributed by atoms with Gasteiger partial charge in [-0.05, 0) is 24.3 Å². The van der Waals surface area contributed by atoms with Gasteiger partial charge in [-0.1, -0.05) is 36.4 Å².